The Bertz CT molecular complexity index is 1100. The molecule has 3 aromatic rings. The molecular formula is C20H15ClFNO5. The summed E-state index contributed by atoms with van der Waals surface area (Å²) < 4.78 is 21.2. The topological polar surface area (TPSA) is 88.8 Å². The monoisotopic (exact) mass is 403 g/mol. The molecule has 0 aliphatic rings. The Hall–Kier alpha value is -3.32. The van der Waals surface area contributed by atoms with Gasteiger partial charge in [-0.3, -0.25) is 4.79 Å². The molecule has 1 aromatic heterocycles. The van der Waals surface area contributed by atoms with E-state index in [-0.39, 0.29) is 22.7 Å². The third kappa shape index (κ3) is 3.57. The summed E-state index contributed by atoms with van der Waals surface area (Å²) in [5.41, 5.74) is 1.01. The van der Waals surface area contributed by atoms with Gasteiger partial charge >= 0.3 is 5.97 Å². The standard InChI is InChI=1S/C20H15ClFNO5/c1-28-18-7-3-6-15-19(18)12(16(24)8-17(25)20(26)27)10-23(15)9-11-13(21)4-2-5-14(11)22/h2-8,10,24H,9H2,1H3,(H,26,27)/b16-8-. The lowest BCUT2D eigenvalue weighted by atomic mass is 10.1. The molecule has 0 atom stereocenters. The molecule has 0 spiro atoms. The average molecular weight is 404 g/mol. The minimum atomic E-state index is -1.69. The summed E-state index contributed by atoms with van der Waals surface area (Å²) >= 11 is 6.11. The summed E-state index contributed by atoms with van der Waals surface area (Å²) in [5.74, 6) is -3.60. The molecule has 0 radical (unpaired) electrons. The number of methoxy groups -OCH3 is 1. The highest BCUT2D eigenvalue weighted by Crippen LogP contribution is 2.35. The van der Waals surface area contributed by atoms with Gasteiger partial charge in [-0.15, -0.1) is 0 Å². The van der Waals surface area contributed by atoms with Crippen molar-refractivity contribution in [3.63, 3.8) is 0 Å². The SMILES string of the molecule is COc1cccc2c1c(/C(O)=C/C(=O)C(=O)O)cn2Cc1c(F)cccc1Cl. The number of aliphatic carboxylic acids is 1. The van der Waals surface area contributed by atoms with Crippen LogP contribution in [0.5, 0.6) is 5.75 Å². The van der Waals surface area contributed by atoms with Gasteiger partial charge in [0.1, 0.15) is 17.3 Å². The first-order valence-electron chi connectivity index (χ1n) is 8.10. The maximum Gasteiger partial charge on any atom is 0.376 e. The van der Waals surface area contributed by atoms with Crippen LogP contribution in [-0.2, 0) is 16.1 Å². The van der Waals surface area contributed by atoms with Crippen molar-refractivity contribution in [2.24, 2.45) is 0 Å². The van der Waals surface area contributed by atoms with Crippen molar-refractivity contribution in [2.75, 3.05) is 7.11 Å². The first-order chi connectivity index (χ1) is 13.3. The van der Waals surface area contributed by atoms with Crippen LogP contribution in [0.3, 0.4) is 0 Å². The van der Waals surface area contributed by atoms with Gasteiger partial charge in [0.2, 0.25) is 0 Å². The van der Waals surface area contributed by atoms with E-state index < -0.39 is 23.3 Å². The Morgan fingerprint density at radius 1 is 1.21 bits per heavy atom. The predicted octanol–water partition coefficient (Wildman–Crippen LogP) is 4.04. The minimum Gasteiger partial charge on any atom is -0.507 e. The second kappa shape index (κ2) is 7.74. The number of ketones is 1. The summed E-state index contributed by atoms with van der Waals surface area (Å²) in [6.45, 7) is 0.0509. The fraction of sp³-hybridized carbons (Fsp3) is 0.100. The lowest BCUT2D eigenvalue weighted by molar-refractivity contribution is -0.146. The number of carboxylic acid groups (broad SMARTS) is 1. The van der Waals surface area contributed by atoms with E-state index in [2.05, 4.69) is 0 Å². The first-order valence-corrected chi connectivity index (χ1v) is 8.48. The van der Waals surface area contributed by atoms with Crippen LogP contribution in [0.1, 0.15) is 11.1 Å². The van der Waals surface area contributed by atoms with Gasteiger partial charge in [0, 0.05) is 28.4 Å². The number of halogens is 2. The summed E-state index contributed by atoms with van der Waals surface area (Å²) in [4.78, 5) is 22.2. The quantitative estimate of drug-likeness (QED) is 0.368. The van der Waals surface area contributed by atoms with Crippen LogP contribution in [0, 0.1) is 5.82 Å². The second-order valence-corrected chi connectivity index (χ2v) is 6.33. The van der Waals surface area contributed by atoms with Crippen molar-refractivity contribution >= 4 is 40.0 Å². The number of ether oxygens (including phenoxy) is 1. The molecule has 0 aliphatic carbocycles. The average Bonchev–Trinajstić information content (AvgIpc) is 3.03. The van der Waals surface area contributed by atoms with Crippen LogP contribution >= 0.6 is 11.6 Å². The molecule has 0 saturated heterocycles. The Morgan fingerprint density at radius 2 is 1.93 bits per heavy atom. The van der Waals surface area contributed by atoms with E-state index in [1.54, 1.807) is 28.8 Å². The van der Waals surface area contributed by atoms with Crippen LogP contribution < -0.4 is 4.74 Å². The van der Waals surface area contributed by atoms with Gasteiger partial charge in [0.25, 0.3) is 5.78 Å². The highest BCUT2D eigenvalue weighted by molar-refractivity contribution is 6.38. The van der Waals surface area contributed by atoms with Gasteiger partial charge in [-0.1, -0.05) is 23.7 Å². The van der Waals surface area contributed by atoms with Crippen molar-refractivity contribution in [1.29, 1.82) is 0 Å². The number of carbonyl (C=O) groups excluding carboxylic acids is 1. The van der Waals surface area contributed by atoms with E-state index >= 15 is 0 Å². The van der Waals surface area contributed by atoms with E-state index in [9.17, 15) is 19.1 Å². The number of carboxylic acids is 1. The molecule has 2 N–H and O–H groups in total. The first kappa shape index (κ1) is 19.4. The molecular weight excluding hydrogens is 389 g/mol. The molecule has 6 nitrogen and oxygen atoms in total. The third-order valence-corrected chi connectivity index (χ3v) is 4.59. The van der Waals surface area contributed by atoms with Gasteiger partial charge < -0.3 is 19.5 Å². The van der Waals surface area contributed by atoms with E-state index in [4.69, 9.17) is 21.4 Å². The molecule has 2 aromatic carbocycles. The zero-order chi connectivity index (χ0) is 20.4. The van der Waals surface area contributed by atoms with Crippen LogP contribution in [0.25, 0.3) is 16.7 Å². The number of carbonyl (C=O) groups is 2. The second-order valence-electron chi connectivity index (χ2n) is 5.92. The van der Waals surface area contributed by atoms with Gasteiger partial charge in [-0.25, -0.2) is 9.18 Å². The number of nitrogens with zero attached hydrogens (tertiary/aromatic N) is 1. The number of hydrogen-bond donors (Lipinski definition) is 2. The molecule has 0 amide bonds. The summed E-state index contributed by atoms with van der Waals surface area (Å²) in [7, 11) is 1.44. The van der Waals surface area contributed by atoms with Crippen LogP contribution in [0.2, 0.25) is 5.02 Å². The predicted molar refractivity (Wildman–Crippen MR) is 102 cm³/mol. The van der Waals surface area contributed by atoms with E-state index in [1.165, 1.54) is 25.4 Å². The van der Waals surface area contributed by atoms with Gasteiger partial charge in [0.05, 0.1) is 24.6 Å². The molecule has 3 rings (SSSR count). The van der Waals surface area contributed by atoms with Crippen molar-refractivity contribution in [1.82, 2.24) is 4.57 Å². The molecule has 0 aliphatic heterocycles. The zero-order valence-electron chi connectivity index (χ0n) is 14.6. The fourth-order valence-corrected chi connectivity index (χ4v) is 3.15. The highest BCUT2D eigenvalue weighted by atomic mass is 35.5. The summed E-state index contributed by atoms with van der Waals surface area (Å²) in [6, 6.07) is 9.44. The Labute approximate surface area is 164 Å². The van der Waals surface area contributed by atoms with Crippen molar-refractivity contribution in [3.8, 4) is 5.75 Å². The molecule has 144 valence electrons. The van der Waals surface area contributed by atoms with E-state index in [0.717, 1.165) is 0 Å². The number of aliphatic hydroxyl groups excluding tert-OH is 1. The van der Waals surface area contributed by atoms with E-state index in [1.807, 2.05) is 0 Å². The molecule has 0 fully saturated rings. The number of hydrogen-bond acceptors (Lipinski definition) is 4. The van der Waals surface area contributed by atoms with Crippen molar-refractivity contribution < 1.29 is 28.9 Å². The maximum absolute atomic E-state index is 14.2. The number of fused-ring (bicyclic) bond motifs is 1. The molecule has 8 heteroatoms. The van der Waals surface area contributed by atoms with Crippen LogP contribution in [-0.4, -0.2) is 33.6 Å². The van der Waals surface area contributed by atoms with Crippen molar-refractivity contribution in [3.05, 3.63) is 70.6 Å². The Kier molecular flexibility index (Phi) is 5.37. The largest absolute Gasteiger partial charge is 0.507 e. The molecule has 0 saturated carbocycles. The van der Waals surface area contributed by atoms with Gasteiger partial charge in [0.15, 0.2) is 0 Å². The number of aliphatic hydroxyl groups is 1. The Balaban J connectivity index is 2.20. The molecule has 28 heavy (non-hydrogen) atoms. The van der Waals surface area contributed by atoms with Crippen LogP contribution in [0.4, 0.5) is 4.39 Å². The van der Waals surface area contributed by atoms with Crippen LogP contribution in [0.15, 0.2) is 48.7 Å². The molecule has 0 unspecified atom stereocenters. The van der Waals surface area contributed by atoms with Gasteiger partial charge in [-0.2, -0.15) is 0 Å². The Morgan fingerprint density at radius 3 is 2.57 bits per heavy atom. The van der Waals surface area contributed by atoms with Crippen molar-refractivity contribution in [2.45, 2.75) is 6.54 Å². The minimum absolute atomic E-state index is 0.0509. The lowest BCUT2D eigenvalue weighted by Crippen LogP contribution is -2.09. The molecule has 0 bridgehead atoms. The fourth-order valence-electron chi connectivity index (χ4n) is 2.93. The number of rotatable bonds is 6. The smallest absolute Gasteiger partial charge is 0.376 e. The summed E-state index contributed by atoms with van der Waals surface area (Å²) in [5, 5.41) is 19.8. The summed E-state index contributed by atoms with van der Waals surface area (Å²) in [6.07, 6.45) is 2.10. The normalized spacial score (nSPS) is 11.6. The lowest BCUT2D eigenvalue weighted by Gasteiger charge is -2.09. The van der Waals surface area contributed by atoms with E-state index in [0.29, 0.717) is 22.7 Å². The third-order valence-electron chi connectivity index (χ3n) is 4.23. The zero-order valence-corrected chi connectivity index (χ0v) is 15.4. The molecule has 1 heterocycles. The number of benzene rings is 2. The highest BCUT2D eigenvalue weighted by Gasteiger charge is 2.19. The van der Waals surface area contributed by atoms with Gasteiger partial charge in [-0.05, 0) is 24.3 Å². The number of aromatic nitrogens is 1. The maximum atomic E-state index is 14.2.